The van der Waals surface area contributed by atoms with Gasteiger partial charge in [-0.05, 0) is 69.4 Å². The van der Waals surface area contributed by atoms with Gasteiger partial charge in [-0.1, -0.05) is 60.9 Å². The third kappa shape index (κ3) is 4.09. The van der Waals surface area contributed by atoms with Gasteiger partial charge in [0.15, 0.2) is 0 Å². The molecule has 0 spiro atoms. The summed E-state index contributed by atoms with van der Waals surface area (Å²) in [5.74, 6) is 0. The lowest BCUT2D eigenvalue weighted by atomic mass is 9.72. The smallest absolute Gasteiger partial charge is 0.0104 e. The molecule has 0 amide bonds. The van der Waals surface area contributed by atoms with Crippen LogP contribution < -0.4 is 0 Å². The van der Waals surface area contributed by atoms with Crippen LogP contribution in [-0.2, 0) is 0 Å². The Morgan fingerprint density at radius 2 is 1.95 bits per heavy atom. The van der Waals surface area contributed by atoms with E-state index in [9.17, 15) is 0 Å². The predicted molar refractivity (Wildman–Crippen MR) is 94.3 cm³/mol. The first-order valence-electron chi connectivity index (χ1n) is 8.35. The number of hydrogen-bond acceptors (Lipinski definition) is 0. The van der Waals surface area contributed by atoms with Gasteiger partial charge < -0.3 is 0 Å². The summed E-state index contributed by atoms with van der Waals surface area (Å²) in [5.41, 5.74) is 7.77. The van der Waals surface area contributed by atoms with E-state index in [-0.39, 0.29) is 0 Å². The molecule has 2 aliphatic rings. The summed E-state index contributed by atoms with van der Waals surface area (Å²) in [6, 6.07) is 0. The van der Waals surface area contributed by atoms with Gasteiger partial charge in [0.2, 0.25) is 0 Å². The summed E-state index contributed by atoms with van der Waals surface area (Å²) in [4.78, 5) is 0. The van der Waals surface area contributed by atoms with Crippen LogP contribution in [0.5, 0.6) is 0 Å². The maximum absolute atomic E-state index is 2.38. The third-order valence-corrected chi connectivity index (χ3v) is 4.91. The van der Waals surface area contributed by atoms with E-state index in [2.05, 4.69) is 65.0 Å². The summed E-state index contributed by atoms with van der Waals surface area (Å²) in [5, 5.41) is 0. The Bertz CT molecular complexity index is 545. The Morgan fingerprint density at radius 3 is 2.57 bits per heavy atom. The summed E-state index contributed by atoms with van der Waals surface area (Å²) < 4.78 is 0. The minimum absolute atomic E-state index is 0.337. The van der Waals surface area contributed by atoms with Crippen LogP contribution in [0.3, 0.4) is 0 Å². The second-order valence-electron chi connectivity index (χ2n) is 7.24. The molecule has 0 heteroatoms. The maximum atomic E-state index is 2.38. The van der Waals surface area contributed by atoms with Crippen LogP contribution in [0.2, 0.25) is 0 Å². The molecule has 0 radical (unpaired) electrons. The third-order valence-electron chi connectivity index (χ3n) is 4.91. The molecule has 2 rings (SSSR count). The van der Waals surface area contributed by atoms with Gasteiger partial charge in [0, 0.05) is 0 Å². The summed E-state index contributed by atoms with van der Waals surface area (Å²) in [6.45, 7) is 11.4. The molecule has 0 unspecified atom stereocenters. The average Bonchev–Trinajstić information content (AvgIpc) is 2.85. The average molecular weight is 282 g/mol. The molecule has 0 fully saturated rings. The molecule has 21 heavy (non-hydrogen) atoms. The lowest BCUT2D eigenvalue weighted by Crippen LogP contribution is -2.19. The summed E-state index contributed by atoms with van der Waals surface area (Å²) >= 11 is 0. The first-order chi connectivity index (χ1) is 9.92. The van der Waals surface area contributed by atoms with Gasteiger partial charge >= 0.3 is 0 Å². The molecule has 0 nitrogen and oxygen atoms in total. The zero-order chi connectivity index (χ0) is 15.5. The van der Waals surface area contributed by atoms with E-state index < -0.39 is 0 Å². The minimum atomic E-state index is 0.337. The molecular formula is C21H30. The van der Waals surface area contributed by atoms with E-state index in [1.54, 1.807) is 11.1 Å². The first kappa shape index (κ1) is 16.1. The van der Waals surface area contributed by atoms with Gasteiger partial charge in [-0.3, -0.25) is 0 Å². The predicted octanol–water partition coefficient (Wildman–Crippen LogP) is 6.68. The molecule has 0 N–H and O–H groups in total. The van der Waals surface area contributed by atoms with Crippen molar-refractivity contribution >= 4 is 0 Å². The lowest BCUT2D eigenvalue weighted by molar-refractivity contribution is 0.377. The van der Waals surface area contributed by atoms with Crippen LogP contribution in [0.25, 0.3) is 0 Å². The van der Waals surface area contributed by atoms with Crippen LogP contribution >= 0.6 is 0 Å². The van der Waals surface area contributed by atoms with Crippen molar-refractivity contribution in [1.82, 2.24) is 0 Å². The highest BCUT2D eigenvalue weighted by Crippen LogP contribution is 2.40. The number of allylic oxidation sites excluding steroid dienone is 10. The zero-order valence-electron chi connectivity index (χ0n) is 14.4. The fourth-order valence-electron chi connectivity index (χ4n) is 3.58. The highest BCUT2D eigenvalue weighted by molar-refractivity contribution is 5.41. The second kappa shape index (κ2) is 6.64. The van der Waals surface area contributed by atoms with Gasteiger partial charge in [0.05, 0.1) is 0 Å². The van der Waals surface area contributed by atoms with Crippen LogP contribution in [0.4, 0.5) is 0 Å². The molecule has 0 aliphatic heterocycles. The molecule has 0 bridgehead atoms. The number of hydrogen-bond donors (Lipinski definition) is 0. The second-order valence-corrected chi connectivity index (χ2v) is 7.24. The largest absolute Gasteiger partial charge is 0.0844 e. The summed E-state index contributed by atoms with van der Waals surface area (Å²) in [7, 11) is 0. The highest BCUT2D eigenvalue weighted by atomic mass is 14.3. The van der Waals surface area contributed by atoms with Crippen molar-refractivity contribution in [2.24, 2.45) is 5.41 Å². The molecule has 114 valence electrons. The molecule has 0 aromatic carbocycles. The van der Waals surface area contributed by atoms with Crippen molar-refractivity contribution in [3.63, 3.8) is 0 Å². The Labute approximate surface area is 131 Å². The van der Waals surface area contributed by atoms with E-state index in [1.807, 2.05) is 0 Å². The normalized spacial score (nSPS) is 25.1. The highest BCUT2D eigenvalue weighted by Gasteiger charge is 2.26. The van der Waals surface area contributed by atoms with Crippen molar-refractivity contribution in [2.75, 3.05) is 0 Å². The Balaban J connectivity index is 2.14. The van der Waals surface area contributed by atoms with Gasteiger partial charge in [0.25, 0.3) is 0 Å². The van der Waals surface area contributed by atoms with Crippen molar-refractivity contribution in [3.8, 4) is 0 Å². The molecule has 0 aromatic heterocycles. The molecule has 0 atom stereocenters. The Hall–Kier alpha value is -1.30. The number of rotatable bonds is 3. The fourth-order valence-corrected chi connectivity index (χ4v) is 3.58. The van der Waals surface area contributed by atoms with Crippen molar-refractivity contribution in [2.45, 2.75) is 66.7 Å². The quantitative estimate of drug-likeness (QED) is 0.506. The maximum Gasteiger partial charge on any atom is -0.0104 e. The van der Waals surface area contributed by atoms with Gasteiger partial charge in [-0.15, -0.1) is 0 Å². The molecule has 0 saturated carbocycles. The SMILES string of the molecule is C/C=C1C=C(/C=C(C)\C=C\C2=C(C)CCCC2(C)C)CC/1. The molecule has 0 aromatic rings. The van der Waals surface area contributed by atoms with Crippen LogP contribution in [-0.4, -0.2) is 0 Å². The molecule has 0 saturated heterocycles. The van der Waals surface area contributed by atoms with Crippen LogP contribution in [0, 0.1) is 5.41 Å². The summed E-state index contributed by atoms with van der Waals surface area (Å²) in [6.07, 6.45) is 17.9. The standard InChI is InChI=1S/C21H30/c1-6-18-10-11-19(15-18)14-16(2)9-12-20-17(3)8-7-13-21(20,4)5/h6,9,12,14-15H,7-8,10-11,13H2,1-5H3/b12-9+,16-14-,18-6+. The van der Waals surface area contributed by atoms with Crippen molar-refractivity contribution in [1.29, 1.82) is 0 Å². The molecule has 2 aliphatic carbocycles. The topological polar surface area (TPSA) is 0 Å². The van der Waals surface area contributed by atoms with Crippen LogP contribution in [0.15, 0.2) is 58.2 Å². The monoisotopic (exact) mass is 282 g/mol. The minimum Gasteiger partial charge on any atom is -0.0844 e. The molecular weight excluding hydrogens is 252 g/mol. The first-order valence-corrected chi connectivity index (χ1v) is 8.35. The van der Waals surface area contributed by atoms with E-state index in [4.69, 9.17) is 0 Å². The Morgan fingerprint density at radius 1 is 1.19 bits per heavy atom. The van der Waals surface area contributed by atoms with E-state index in [0.717, 1.165) is 0 Å². The van der Waals surface area contributed by atoms with E-state index >= 15 is 0 Å². The van der Waals surface area contributed by atoms with E-state index in [0.29, 0.717) is 5.41 Å². The van der Waals surface area contributed by atoms with Crippen LogP contribution in [0.1, 0.15) is 66.7 Å². The van der Waals surface area contributed by atoms with Gasteiger partial charge in [0.1, 0.15) is 0 Å². The Kier molecular flexibility index (Phi) is 5.08. The molecule has 0 heterocycles. The van der Waals surface area contributed by atoms with E-state index in [1.165, 1.54) is 48.8 Å². The van der Waals surface area contributed by atoms with Crippen molar-refractivity contribution < 1.29 is 0 Å². The van der Waals surface area contributed by atoms with Gasteiger partial charge in [-0.25, -0.2) is 0 Å². The fraction of sp³-hybridized carbons (Fsp3) is 0.524. The lowest BCUT2D eigenvalue weighted by Gasteiger charge is -2.32. The zero-order valence-corrected chi connectivity index (χ0v) is 14.4. The van der Waals surface area contributed by atoms with Crippen molar-refractivity contribution in [3.05, 3.63) is 58.2 Å². The van der Waals surface area contributed by atoms with Gasteiger partial charge in [-0.2, -0.15) is 0 Å².